The van der Waals surface area contributed by atoms with Crippen molar-refractivity contribution in [2.24, 2.45) is 0 Å². The van der Waals surface area contributed by atoms with Crippen LogP contribution in [0.1, 0.15) is 17.4 Å². The Hall–Kier alpha value is -2.31. The van der Waals surface area contributed by atoms with Gasteiger partial charge in [-0.1, -0.05) is 0 Å². The van der Waals surface area contributed by atoms with Crippen molar-refractivity contribution in [3.8, 4) is 0 Å². The lowest BCUT2D eigenvalue weighted by Crippen LogP contribution is -2.11. The summed E-state index contributed by atoms with van der Waals surface area (Å²) < 4.78 is 4.91. The molecule has 0 radical (unpaired) electrons. The molecule has 0 aliphatic heterocycles. The van der Waals surface area contributed by atoms with Crippen LogP contribution in [0.5, 0.6) is 0 Å². The molecule has 0 unspecified atom stereocenters. The minimum atomic E-state index is -0.531. The molecule has 0 atom stereocenters. The largest absolute Gasteiger partial charge is 0.461 e. The van der Waals surface area contributed by atoms with Crippen molar-refractivity contribution in [1.29, 1.82) is 0 Å². The quantitative estimate of drug-likeness (QED) is 0.778. The van der Waals surface area contributed by atoms with E-state index in [4.69, 9.17) is 4.74 Å². The number of carbonyl (C=O) groups is 1. The van der Waals surface area contributed by atoms with Gasteiger partial charge in [-0.25, -0.2) is 19.7 Å². The van der Waals surface area contributed by atoms with E-state index in [2.05, 4.69) is 25.3 Å². The van der Waals surface area contributed by atoms with Gasteiger partial charge < -0.3 is 10.1 Å². The summed E-state index contributed by atoms with van der Waals surface area (Å²) in [5, 5.41) is 2.76. The number of nitrogens with one attached hydrogen (secondary N) is 1. The Morgan fingerprint density at radius 2 is 2.12 bits per heavy atom. The molecule has 0 fully saturated rings. The molecule has 2 heterocycles. The predicted molar refractivity (Wildman–Crippen MR) is 60.6 cm³/mol. The number of anilines is 1. The highest BCUT2D eigenvalue weighted by Crippen LogP contribution is 2.13. The number of rotatable bonds is 3. The van der Waals surface area contributed by atoms with Gasteiger partial charge >= 0.3 is 5.97 Å². The zero-order chi connectivity index (χ0) is 12.3. The lowest BCUT2D eigenvalue weighted by atomic mass is 10.3. The average molecular weight is 233 g/mol. The van der Waals surface area contributed by atoms with Gasteiger partial charge in [0.2, 0.25) is 5.95 Å². The number of hydrogen-bond donors (Lipinski definition) is 1. The molecule has 0 bridgehead atoms. The normalized spacial score (nSPS) is 10.2. The summed E-state index contributed by atoms with van der Waals surface area (Å²) in [5.41, 5.74) is 0.814. The van der Waals surface area contributed by atoms with E-state index >= 15 is 0 Å². The molecule has 2 aromatic heterocycles. The highest BCUT2D eigenvalue weighted by molar-refractivity contribution is 5.99. The number of ether oxygens (including phenoxy) is 1. The minimum Gasteiger partial charge on any atom is -0.461 e. The van der Waals surface area contributed by atoms with E-state index in [9.17, 15) is 4.79 Å². The number of aromatic nitrogens is 4. The number of fused-ring (bicyclic) bond motifs is 1. The van der Waals surface area contributed by atoms with Gasteiger partial charge in [-0.3, -0.25) is 0 Å². The van der Waals surface area contributed by atoms with Crippen LogP contribution in [0.25, 0.3) is 11.2 Å². The van der Waals surface area contributed by atoms with Gasteiger partial charge in [0.05, 0.1) is 6.61 Å². The molecular formula is C10H11N5O2. The molecule has 17 heavy (non-hydrogen) atoms. The monoisotopic (exact) mass is 233 g/mol. The predicted octanol–water partition coefficient (Wildman–Crippen LogP) is 0.638. The number of hydrogen-bond acceptors (Lipinski definition) is 7. The Labute approximate surface area is 97.3 Å². The maximum atomic E-state index is 11.7. The van der Waals surface area contributed by atoms with E-state index in [1.54, 1.807) is 14.0 Å². The van der Waals surface area contributed by atoms with Crippen LogP contribution >= 0.6 is 0 Å². The smallest absolute Gasteiger partial charge is 0.359 e. The van der Waals surface area contributed by atoms with Crippen molar-refractivity contribution in [2.75, 3.05) is 19.0 Å². The van der Waals surface area contributed by atoms with Gasteiger partial charge in [0, 0.05) is 19.4 Å². The van der Waals surface area contributed by atoms with Crippen molar-refractivity contribution < 1.29 is 9.53 Å². The summed E-state index contributed by atoms with van der Waals surface area (Å²) in [6.45, 7) is 2.01. The van der Waals surface area contributed by atoms with Crippen LogP contribution in [0.3, 0.4) is 0 Å². The summed E-state index contributed by atoms with van der Waals surface area (Å²) >= 11 is 0. The summed E-state index contributed by atoms with van der Waals surface area (Å²) in [4.78, 5) is 27.9. The van der Waals surface area contributed by atoms with Gasteiger partial charge in [0.1, 0.15) is 5.52 Å². The SMILES string of the molecule is CCOC(=O)c1nc(NC)nc2nccnc12. The second-order valence-electron chi connectivity index (χ2n) is 3.09. The van der Waals surface area contributed by atoms with Crippen LogP contribution in [-0.4, -0.2) is 39.6 Å². The average Bonchev–Trinajstić information content (AvgIpc) is 2.37. The Morgan fingerprint density at radius 1 is 1.35 bits per heavy atom. The van der Waals surface area contributed by atoms with Gasteiger partial charge in [0.25, 0.3) is 0 Å². The molecule has 2 rings (SSSR count). The minimum absolute atomic E-state index is 0.120. The zero-order valence-corrected chi connectivity index (χ0v) is 9.47. The van der Waals surface area contributed by atoms with Gasteiger partial charge in [-0.05, 0) is 6.92 Å². The van der Waals surface area contributed by atoms with E-state index in [1.807, 2.05) is 0 Å². The third-order valence-electron chi connectivity index (χ3n) is 2.03. The van der Waals surface area contributed by atoms with Gasteiger partial charge in [0.15, 0.2) is 11.3 Å². The van der Waals surface area contributed by atoms with Crippen LogP contribution in [0.2, 0.25) is 0 Å². The van der Waals surface area contributed by atoms with Gasteiger partial charge in [-0.2, -0.15) is 4.98 Å². The Morgan fingerprint density at radius 3 is 2.82 bits per heavy atom. The topological polar surface area (TPSA) is 89.9 Å². The molecule has 0 saturated heterocycles. The summed E-state index contributed by atoms with van der Waals surface area (Å²) in [5.74, 6) is -0.224. The van der Waals surface area contributed by atoms with Crippen molar-refractivity contribution >= 4 is 23.1 Å². The molecule has 0 saturated carbocycles. The number of nitrogens with zero attached hydrogens (tertiary/aromatic N) is 4. The van der Waals surface area contributed by atoms with Crippen LogP contribution in [0.15, 0.2) is 12.4 Å². The van der Waals surface area contributed by atoms with E-state index in [1.165, 1.54) is 12.4 Å². The van der Waals surface area contributed by atoms with Crippen molar-refractivity contribution in [1.82, 2.24) is 19.9 Å². The zero-order valence-electron chi connectivity index (χ0n) is 9.47. The van der Waals surface area contributed by atoms with Crippen LogP contribution < -0.4 is 5.32 Å². The molecule has 0 aromatic carbocycles. The van der Waals surface area contributed by atoms with E-state index in [0.29, 0.717) is 17.1 Å². The first-order valence-corrected chi connectivity index (χ1v) is 5.10. The molecular weight excluding hydrogens is 222 g/mol. The molecule has 1 N–H and O–H groups in total. The molecule has 0 spiro atoms. The summed E-state index contributed by atoms with van der Waals surface area (Å²) in [7, 11) is 1.66. The van der Waals surface area contributed by atoms with Crippen molar-refractivity contribution in [3.63, 3.8) is 0 Å². The Balaban J connectivity index is 2.62. The van der Waals surface area contributed by atoms with E-state index < -0.39 is 5.97 Å². The highest BCUT2D eigenvalue weighted by Gasteiger charge is 2.17. The first-order valence-electron chi connectivity index (χ1n) is 5.10. The third-order valence-corrected chi connectivity index (χ3v) is 2.03. The van der Waals surface area contributed by atoms with Crippen LogP contribution in [-0.2, 0) is 4.74 Å². The molecule has 2 aromatic rings. The molecule has 88 valence electrons. The summed E-state index contributed by atoms with van der Waals surface area (Å²) in [6, 6.07) is 0. The van der Waals surface area contributed by atoms with Crippen molar-refractivity contribution in [2.45, 2.75) is 6.92 Å². The van der Waals surface area contributed by atoms with Gasteiger partial charge in [-0.15, -0.1) is 0 Å². The molecule has 0 aliphatic rings. The van der Waals surface area contributed by atoms with E-state index in [-0.39, 0.29) is 12.3 Å². The fourth-order valence-electron chi connectivity index (χ4n) is 1.32. The van der Waals surface area contributed by atoms with E-state index in [0.717, 1.165) is 0 Å². The molecule has 7 heteroatoms. The second kappa shape index (κ2) is 4.69. The number of carbonyl (C=O) groups excluding carboxylic acids is 1. The maximum absolute atomic E-state index is 11.7. The third kappa shape index (κ3) is 2.12. The van der Waals surface area contributed by atoms with Crippen molar-refractivity contribution in [3.05, 3.63) is 18.1 Å². The lowest BCUT2D eigenvalue weighted by molar-refractivity contribution is 0.0522. The standard InChI is InChI=1S/C10H11N5O2/c1-3-17-9(16)7-6-8(13-5-4-12-6)15-10(11-2)14-7/h4-5H,3H2,1-2H3,(H,11,13,14,15). The summed E-state index contributed by atoms with van der Waals surface area (Å²) in [6.07, 6.45) is 2.98. The second-order valence-corrected chi connectivity index (χ2v) is 3.09. The first kappa shape index (κ1) is 11.2. The fourth-order valence-corrected chi connectivity index (χ4v) is 1.32. The lowest BCUT2D eigenvalue weighted by Gasteiger charge is -2.05. The highest BCUT2D eigenvalue weighted by atomic mass is 16.5. The van der Waals surface area contributed by atoms with Crippen LogP contribution in [0.4, 0.5) is 5.95 Å². The number of esters is 1. The molecule has 0 aliphatic carbocycles. The Bertz CT molecular complexity index is 557. The Kier molecular flexibility index (Phi) is 3.08. The maximum Gasteiger partial charge on any atom is 0.359 e. The molecule has 0 amide bonds. The van der Waals surface area contributed by atoms with Crippen LogP contribution in [0, 0.1) is 0 Å². The fraction of sp³-hybridized carbons (Fsp3) is 0.300. The first-order chi connectivity index (χ1) is 8.26. The molecule has 7 nitrogen and oxygen atoms in total.